The molecule has 1 aromatic rings. The Morgan fingerprint density at radius 2 is 2.24 bits per heavy atom. The lowest BCUT2D eigenvalue weighted by atomic mass is 10.1. The SMILES string of the molecule is Cc1cc(N2CCOC(C(C)N)C2)nc(C)n1. The summed E-state index contributed by atoms with van der Waals surface area (Å²) < 4.78 is 5.64. The Balaban J connectivity index is 2.16. The van der Waals surface area contributed by atoms with Crippen LogP contribution in [0.25, 0.3) is 0 Å². The number of nitrogens with zero attached hydrogens (tertiary/aromatic N) is 3. The zero-order chi connectivity index (χ0) is 12.4. The third-order valence-corrected chi connectivity index (χ3v) is 2.96. The predicted octanol–water partition coefficient (Wildman–Crippen LogP) is 0.646. The van der Waals surface area contributed by atoms with Crippen molar-refractivity contribution in [1.82, 2.24) is 9.97 Å². The van der Waals surface area contributed by atoms with E-state index < -0.39 is 0 Å². The molecule has 5 heteroatoms. The number of aromatic nitrogens is 2. The zero-order valence-corrected chi connectivity index (χ0v) is 10.7. The van der Waals surface area contributed by atoms with Crippen molar-refractivity contribution in [2.24, 2.45) is 5.73 Å². The Bertz CT molecular complexity index is 374. The molecule has 0 saturated carbocycles. The van der Waals surface area contributed by atoms with Crippen LogP contribution in [-0.4, -0.2) is 41.8 Å². The fourth-order valence-electron chi connectivity index (χ4n) is 2.06. The number of hydrogen-bond donors (Lipinski definition) is 1. The van der Waals surface area contributed by atoms with Gasteiger partial charge in [-0.2, -0.15) is 0 Å². The van der Waals surface area contributed by atoms with Gasteiger partial charge in [-0.1, -0.05) is 0 Å². The fourth-order valence-corrected chi connectivity index (χ4v) is 2.06. The lowest BCUT2D eigenvalue weighted by Crippen LogP contribution is -2.49. The molecule has 94 valence electrons. The molecule has 0 aromatic carbocycles. The molecular weight excluding hydrogens is 216 g/mol. The maximum Gasteiger partial charge on any atom is 0.132 e. The van der Waals surface area contributed by atoms with E-state index in [9.17, 15) is 0 Å². The van der Waals surface area contributed by atoms with Gasteiger partial charge in [0.25, 0.3) is 0 Å². The molecule has 5 nitrogen and oxygen atoms in total. The molecule has 1 aliphatic rings. The largest absolute Gasteiger partial charge is 0.373 e. The van der Waals surface area contributed by atoms with Gasteiger partial charge in [0.1, 0.15) is 11.6 Å². The van der Waals surface area contributed by atoms with Crippen LogP contribution in [0.15, 0.2) is 6.07 Å². The standard InChI is InChI=1S/C12H20N4O/c1-8-6-12(15-10(3)14-8)16-4-5-17-11(7-16)9(2)13/h6,9,11H,4-5,7,13H2,1-3H3. The average molecular weight is 236 g/mol. The molecular formula is C12H20N4O. The van der Waals surface area contributed by atoms with Crippen LogP contribution in [0.4, 0.5) is 5.82 Å². The summed E-state index contributed by atoms with van der Waals surface area (Å²) in [6.07, 6.45) is 0.0827. The van der Waals surface area contributed by atoms with Gasteiger partial charge in [0.2, 0.25) is 0 Å². The van der Waals surface area contributed by atoms with Gasteiger partial charge in [-0.25, -0.2) is 9.97 Å². The number of rotatable bonds is 2. The average Bonchev–Trinajstić information content (AvgIpc) is 2.28. The third kappa shape index (κ3) is 2.92. The highest BCUT2D eigenvalue weighted by Gasteiger charge is 2.24. The van der Waals surface area contributed by atoms with Gasteiger partial charge in [-0.15, -0.1) is 0 Å². The number of anilines is 1. The van der Waals surface area contributed by atoms with Gasteiger partial charge in [0.15, 0.2) is 0 Å². The van der Waals surface area contributed by atoms with Crippen LogP contribution < -0.4 is 10.6 Å². The minimum atomic E-state index is 0.0434. The van der Waals surface area contributed by atoms with Crippen molar-refractivity contribution in [3.63, 3.8) is 0 Å². The van der Waals surface area contributed by atoms with E-state index in [2.05, 4.69) is 14.9 Å². The van der Waals surface area contributed by atoms with Gasteiger partial charge < -0.3 is 15.4 Å². The summed E-state index contributed by atoms with van der Waals surface area (Å²) in [7, 11) is 0. The van der Waals surface area contributed by atoms with Crippen LogP contribution in [0.2, 0.25) is 0 Å². The second kappa shape index (κ2) is 4.98. The number of nitrogens with two attached hydrogens (primary N) is 1. The molecule has 0 aliphatic carbocycles. The van der Waals surface area contributed by atoms with E-state index in [1.165, 1.54) is 0 Å². The zero-order valence-electron chi connectivity index (χ0n) is 10.7. The van der Waals surface area contributed by atoms with Crippen molar-refractivity contribution >= 4 is 5.82 Å². The lowest BCUT2D eigenvalue weighted by molar-refractivity contribution is 0.0273. The highest BCUT2D eigenvalue weighted by molar-refractivity contribution is 5.40. The maximum absolute atomic E-state index is 5.88. The molecule has 1 fully saturated rings. The van der Waals surface area contributed by atoms with Crippen molar-refractivity contribution in [3.8, 4) is 0 Å². The molecule has 2 heterocycles. The lowest BCUT2D eigenvalue weighted by Gasteiger charge is -2.35. The quantitative estimate of drug-likeness (QED) is 0.816. The van der Waals surface area contributed by atoms with Crippen molar-refractivity contribution in [1.29, 1.82) is 0 Å². The first-order valence-corrected chi connectivity index (χ1v) is 6.00. The van der Waals surface area contributed by atoms with E-state index in [0.29, 0.717) is 6.61 Å². The second-order valence-electron chi connectivity index (χ2n) is 4.63. The summed E-state index contributed by atoms with van der Waals surface area (Å²) in [5.74, 6) is 1.78. The Kier molecular flexibility index (Phi) is 3.59. The minimum absolute atomic E-state index is 0.0434. The van der Waals surface area contributed by atoms with E-state index in [0.717, 1.165) is 30.4 Å². The Labute approximate surface area is 102 Å². The molecule has 1 aliphatic heterocycles. The van der Waals surface area contributed by atoms with Crippen molar-refractivity contribution in [2.75, 3.05) is 24.6 Å². The summed E-state index contributed by atoms with van der Waals surface area (Å²) in [6.45, 7) is 8.24. The van der Waals surface area contributed by atoms with E-state index in [1.807, 2.05) is 26.8 Å². The molecule has 2 atom stereocenters. The van der Waals surface area contributed by atoms with Crippen LogP contribution in [0, 0.1) is 13.8 Å². The summed E-state index contributed by atoms with van der Waals surface area (Å²) in [4.78, 5) is 11.0. The molecule has 1 aromatic heterocycles. The number of hydrogen-bond acceptors (Lipinski definition) is 5. The maximum atomic E-state index is 5.88. The normalized spacial score (nSPS) is 22.6. The summed E-state index contributed by atoms with van der Waals surface area (Å²) >= 11 is 0. The first kappa shape index (κ1) is 12.3. The third-order valence-electron chi connectivity index (χ3n) is 2.96. The van der Waals surface area contributed by atoms with Crippen LogP contribution in [0.5, 0.6) is 0 Å². The van der Waals surface area contributed by atoms with Gasteiger partial charge in [-0.05, 0) is 20.8 Å². The highest BCUT2D eigenvalue weighted by atomic mass is 16.5. The first-order chi connectivity index (χ1) is 8.06. The van der Waals surface area contributed by atoms with Gasteiger partial charge in [0, 0.05) is 30.9 Å². The van der Waals surface area contributed by atoms with Gasteiger partial charge in [-0.3, -0.25) is 0 Å². The van der Waals surface area contributed by atoms with Crippen LogP contribution >= 0.6 is 0 Å². The van der Waals surface area contributed by atoms with E-state index in [-0.39, 0.29) is 12.1 Å². The van der Waals surface area contributed by atoms with Gasteiger partial charge >= 0.3 is 0 Å². The molecule has 0 spiro atoms. The Morgan fingerprint density at radius 3 is 2.88 bits per heavy atom. The molecule has 2 N–H and O–H groups in total. The Morgan fingerprint density at radius 1 is 1.47 bits per heavy atom. The highest BCUT2D eigenvalue weighted by Crippen LogP contribution is 2.17. The van der Waals surface area contributed by atoms with Crippen LogP contribution in [-0.2, 0) is 4.74 Å². The van der Waals surface area contributed by atoms with E-state index in [1.54, 1.807) is 0 Å². The number of ether oxygens (including phenoxy) is 1. The first-order valence-electron chi connectivity index (χ1n) is 6.00. The predicted molar refractivity (Wildman–Crippen MR) is 67.1 cm³/mol. The van der Waals surface area contributed by atoms with E-state index >= 15 is 0 Å². The van der Waals surface area contributed by atoms with Crippen LogP contribution in [0.1, 0.15) is 18.4 Å². The van der Waals surface area contributed by atoms with Crippen molar-refractivity contribution in [2.45, 2.75) is 32.9 Å². The topological polar surface area (TPSA) is 64.3 Å². The number of aryl methyl sites for hydroxylation is 2. The molecule has 0 amide bonds. The van der Waals surface area contributed by atoms with Crippen LogP contribution in [0.3, 0.4) is 0 Å². The van der Waals surface area contributed by atoms with Gasteiger partial charge in [0.05, 0.1) is 12.7 Å². The smallest absolute Gasteiger partial charge is 0.132 e. The summed E-state index contributed by atoms with van der Waals surface area (Å²) in [5, 5.41) is 0. The molecule has 2 unspecified atom stereocenters. The number of morpholine rings is 1. The minimum Gasteiger partial charge on any atom is -0.373 e. The Hall–Kier alpha value is -1.20. The summed E-state index contributed by atoms with van der Waals surface area (Å²) in [5.41, 5.74) is 6.88. The van der Waals surface area contributed by atoms with Crippen molar-refractivity contribution in [3.05, 3.63) is 17.6 Å². The van der Waals surface area contributed by atoms with Crippen molar-refractivity contribution < 1.29 is 4.74 Å². The molecule has 0 radical (unpaired) electrons. The monoisotopic (exact) mass is 236 g/mol. The van der Waals surface area contributed by atoms with E-state index in [4.69, 9.17) is 10.5 Å². The molecule has 1 saturated heterocycles. The molecule has 0 bridgehead atoms. The fraction of sp³-hybridized carbons (Fsp3) is 0.667. The molecule has 2 rings (SSSR count). The summed E-state index contributed by atoms with van der Waals surface area (Å²) in [6, 6.07) is 2.05. The second-order valence-corrected chi connectivity index (χ2v) is 4.63. The molecule has 17 heavy (non-hydrogen) atoms.